The van der Waals surface area contributed by atoms with Crippen LogP contribution in [0.15, 0.2) is 36.4 Å². The highest BCUT2D eigenvalue weighted by molar-refractivity contribution is 6.31. The third-order valence-corrected chi connectivity index (χ3v) is 4.69. The van der Waals surface area contributed by atoms with Gasteiger partial charge < -0.3 is 14.6 Å². The fourth-order valence-electron chi connectivity index (χ4n) is 3.08. The number of aryl methyl sites for hydroxylation is 2. The van der Waals surface area contributed by atoms with Gasteiger partial charge in [-0.2, -0.15) is 0 Å². The fourth-order valence-corrected chi connectivity index (χ4v) is 3.42. The summed E-state index contributed by atoms with van der Waals surface area (Å²) in [6.45, 7) is 4.60. The Morgan fingerprint density at radius 1 is 1.16 bits per heavy atom. The number of amides is 1. The van der Waals surface area contributed by atoms with E-state index in [0.717, 1.165) is 16.5 Å². The van der Waals surface area contributed by atoms with Crippen LogP contribution >= 0.6 is 23.2 Å². The molecule has 3 aromatic rings. The predicted molar refractivity (Wildman–Crippen MR) is 103 cm³/mol. The van der Waals surface area contributed by atoms with E-state index in [9.17, 15) is 4.79 Å². The van der Waals surface area contributed by atoms with Crippen molar-refractivity contribution in [2.24, 2.45) is 0 Å². The molecule has 1 heterocycles. The summed E-state index contributed by atoms with van der Waals surface area (Å²) in [6.07, 6.45) is 0. The van der Waals surface area contributed by atoms with Crippen LogP contribution in [0.3, 0.4) is 0 Å². The number of aromatic nitrogens is 1. The fraction of sp³-hybridized carbons (Fsp3) is 0.211. The number of methoxy groups -OCH3 is 1. The van der Waals surface area contributed by atoms with E-state index in [4.69, 9.17) is 27.9 Å². The first-order valence-electron chi connectivity index (χ1n) is 7.89. The van der Waals surface area contributed by atoms with Gasteiger partial charge in [0.2, 0.25) is 0 Å². The maximum atomic E-state index is 13.0. The zero-order valence-electron chi connectivity index (χ0n) is 14.2. The summed E-state index contributed by atoms with van der Waals surface area (Å²) >= 11 is 12.2. The van der Waals surface area contributed by atoms with Gasteiger partial charge in [-0.3, -0.25) is 4.79 Å². The summed E-state index contributed by atoms with van der Waals surface area (Å²) < 4.78 is 7.28. The van der Waals surface area contributed by atoms with E-state index >= 15 is 0 Å². The van der Waals surface area contributed by atoms with E-state index in [2.05, 4.69) is 5.32 Å². The Morgan fingerprint density at radius 3 is 2.52 bits per heavy atom. The number of halogens is 2. The molecule has 1 aromatic heterocycles. The minimum absolute atomic E-state index is 0.216. The monoisotopic (exact) mass is 376 g/mol. The molecule has 0 aliphatic carbocycles. The SMILES string of the molecule is CCn1c(C(=O)Nc2cc(Cl)ccc2OC)c(C)c2cc(Cl)ccc21. The molecule has 2 aromatic carbocycles. The zero-order chi connectivity index (χ0) is 18.1. The number of anilines is 1. The van der Waals surface area contributed by atoms with Gasteiger partial charge in [-0.15, -0.1) is 0 Å². The Morgan fingerprint density at radius 2 is 1.84 bits per heavy atom. The number of carbonyl (C=O) groups is 1. The van der Waals surface area contributed by atoms with Crippen LogP contribution in [0.1, 0.15) is 23.0 Å². The van der Waals surface area contributed by atoms with E-state index in [1.165, 1.54) is 0 Å². The van der Waals surface area contributed by atoms with Crippen molar-refractivity contribution in [3.63, 3.8) is 0 Å². The minimum Gasteiger partial charge on any atom is -0.495 e. The van der Waals surface area contributed by atoms with Crippen molar-refractivity contribution < 1.29 is 9.53 Å². The second-order valence-electron chi connectivity index (χ2n) is 5.68. The van der Waals surface area contributed by atoms with Crippen molar-refractivity contribution >= 4 is 45.7 Å². The first-order valence-corrected chi connectivity index (χ1v) is 8.65. The Bertz CT molecular complexity index is 964. The van der Waals surface area contributed by atoms with Crippen molar-refractivity contribution in [3.8, 4) is 5.75 Å². The van der Waals surface area contributed by atoms with Gasteiger partial charge in [0, 0.05) is 27.5 Å². The molecule has 130 valence electrons. The van der Waals surface area contributed by atoms with Crippen molar-refractivity contribution in [2.45, 2.75) is 20.4 Å². The first kappa shape index (κ1) is 17.6. The number of nitrogens with zero attached hydrogens (tertiary/aromatic N) is 1. The molecule has 1 N–H and O–H groups in total. The summed E-state index contributed by atoms with van der Waals surface area (Å²) in [7, 11) is 1.55. The highest BCUT2D eigenvalue weighted by atomic mass is 35.5. The lowest BCUT2D eigenvalue weighted by molar-refractivity contribution is 0.101. The number of hydrogen-bond donors (Lipinski definition) is 1. The van der Waals surface area contributed by atoms with Gasteiger partial charge in [-0.05, 0) is 55.8 Å². The van der Waals surface area contributed by atoms with E-state index < -0.39 is 0 Å². The predicted octanol–water partition coefficient (Wildman–Crippen LogP) is 5.54. The molecule has 25 heavy (non-hydrogen) atoms. The van der Waals surface area contributed by atoms with Gasteiger partial charge in [-0.25, -0.2) is 0 Å². The lowest BCUT2D eigenvalue weighted by atomic mass is 10.1. The molecule has 4 nitrogen and oxygen atoms in total. The molecule has 0 saturated heterocycles. The average molecular weight is 377 g/mol. The van der Waals surface area contributed by atoms with Gasteiger partial charge in [-0.1, -0.05) is 23.2 Å². The van der Waals surface area contributed by atoms with Gasteiger partial charge in [0.15, 0.2) is 0 Å². The molecule has 0 radical (unpaired) electrons. The summed E-state index contributed by atoms with van der Waals surface area (Å²) in [5.74, 6) is 0.338. The minimum atomic E-state index is -0.216. The van der Waals surface area contributed by atoms with Gasteiger partial charge in [0.05, 0.1) is 12.8 Å². The molecule has 1 amide bonds. The Labute approximate surface area is 156 Å². The number of nitrogens with one attached hydrogen (secondary N) is 1. The lowest BCUT2D eigenvalue weighted by Crippen LogP contribution is -2.18. The molecule has 0 unspecified atom stereocenters. The van der Waals surface area contributed by atoms with Gasteiger partial charge >= 0.3 is 0 Å². The molecular formula is C19H18Cl2N2O2. The van der Waals surface area contributed by atoms with Crippen LogP contribution in [0.2, 0.25) is 10.0 Å². The number of ether oxygens (including phenoxy) is 1. The average Bonchev–Trinajstić information content (AvgIpc) is 2.86. The number of benzene rings is 2. The third kappa shape index (κ3) is 3.20. The highest BCUT2D eigenvalue weighted by Crippen LogP contribution is 2.31. The van der Waals surface area contributed by atoms with Gasteiger partial charge in [0.25, 0.3) is 5.91 Å². The highest BCUT2D eigenvalue weighted by Gasteiger charge is 2.21. The quantitative estimate of drug-likeness (QED) is 0.649. The standard InChI is InChI=1S/C19H18Cl2N2O2/c1-4-23-16-7-5-12(20)9-14(16)11(2)18(23)19(24)22-15-10-13(21)6-8-17(15)25-3/h5-10H,4H2,1-3H3,(H,22,24). The smallest absolute Gasteiger partial charge is 0.272 e. The molecule has 0 fully saturated rings. The third-order valence-electron chi connectivity index (χ3n) is 4.22. The molecule has 3 rings (SSSR count). The van der Waals surface area contributed by atoms with Crippen molar-refractivity contribution in [1.29, 1.82) is 0 Å². The van der Waals surface area contributed by atoms with Crippen LogP contribution in [-0.2, 0) is 6.54 Å². The summed E-state index contributed by atoms with van der Waals surface area (Å²) in [4.78, 5) is 13.0. The van der Waals surface area contributed by atoms with Crippen molar-refractivity contribution in [2.75, 3.05) is 12.4 Å². The first-order chi connectivity index (χ1) is 12.0. The topological polar surface area (TPSA) is 43.3 Å². The molecule has 6 heteroatoms. The van der Waals surface area contributed by atoms with Crippen molar-refractivity contribution in [3.05, 3.63) is 57.7 Å². The van der Waals surface area contributed by atoms with E-state index in [-0.39, 0.29) is 5.91 Å². The lowest BCUT2D eigenvalue weighted by Gasteiger charge is -2.13. The zero-order valence-corrected chi connectivity index (χ0v) is 15.7. The largest absolute Gasteiger partial charge is 0.495 e. The Balaban J connectivity index is 2.09. The van der Waals surface area contributed by atoms with Crippen LogP contribution in [-0.4, -0.2) is 17.6 Å². The second-order valence-corrected chi connectivity index (χ2v) is 6.55. The molecule has 0 aliphatic rings. The molecule has 0 bridgehead atoms. The van der Waals surface area contributed by atoms with E-state index in [0.29, 0.717) is 33.7 Å². The Kier molecular flexibility index (Phi) is 4.93. The molecule has 0 aliphatic heterocycles. The van der Waals surface area contributed by atoms with Crippen LogP contribution in [0.5, 0.6) is 5.75 Å². The van der Waals surface area contributed by atoms with E-state index in [1.807, 2.05) is 36.6 Å². The van der Waals surface area contributed by atoms with Crippen LogP contribution < -0.4 is 10.1 Å². The van der Waals surface area contributed by atoms with Crippen LogP contribution in [0, 0.1) is 6.92 Å². The van der Waals surface area contributed by atoms with Gasteiger partial charge in [0.1, 0.15) is 11.4 Å². The van der Waals surface area contributed by atoms with E-state index in [1.54, 1.807) is 25.3 Å². The molecule has 0 spiro atoms. The molecule has 0 atom stereocenters. The Hall–Kier alpha value is -2.17. The summed E-state index contributed by atoms with van der Waals surface area (Å²) in [5, 5.41) is 5.05. The number of fused-ring (bicyclic) bond motifs is 1. The number of hydrogen-bond acceptors (Lipinski definition) is 2. The van der Waals surface area contributed by atoms with Crippen LogP contribution in [0.25, 0.3) is 10.9 Å². The molecule has 0 saturated carbocycles. The summed E-state index contributed by atoms with van der Waals surface area (Å²) in [6, 6.07) is 10.8. The number of rotatable bonds is 4. The maximum Gasteiger partial charge on any atom is 0.272 e. The second kappa shape index (κ2) is 6.98. The summed E-state index contributed by atoms with van der Waals surface area (Å²) in [5.41, 5.74) is 3.00. The normalized spacial score (nSPS) is 10.9. The number of carbonyl (C=O) groups excluding carboxylic acids is 1. The maximum absolute atomic E-state index is 13.0. The van der Waals surface area contributed by atoms with Crippen LogP contribution in [0.4, 0.5) is 5.69 Å². The van der Waals surface area contributed by atoms with Crippen molar-refractivity contribution in [1.82, 2.24) is 4.57 Å². The molecular weight excluding hydrogens is 359 g/mol.